The van der Waals surface area contributed by atoms with Gasteiger partial charge >= 0.3 is 0 Å². The van der Waals surface area contributed by atoms with Crippen LogP contribution in [0.5, 0.6) is 0 Å². The first-order valence-electron chi connectivity index (χ1n) is 5.99. The molecule has 17 heavy (non-hydrogen) atoms. The summed E-state index contributed by atoms with van der Waals surface area (Å²) in [5.74, 6) is 0.228. The van der Waals surface area contributed by atoms with Crippen LogP contribution in [-0.2, 0) is 11.2 Å². The van der Waals surface area contributed by atoms with Gasteiger partial charge < -0.3 is 10.2 Å². The number of nitrogens with one attached hydrogen (secondary N) is 1. The Labute approximate surface area is 107 Å². The van der Waals surface area contributed by atoms with Gasteiger partial charge in [-0.2, -0.15) is 0 Å². The van der Waals surface area contributed by atoms with Gasteiger partial charge in [0.05, 0.1) is 0 Å². The first-order chi connectivity index (χ1) is 8.27. The van der Waals surface area contributed by atoms with E-state index in [1.54, 1.807) is 0 Å². The maximum atomic E-state index is 11.9. The molecule has 0 aromatic heterocycles. The first-order valence-corrected chi connectivity index (χ1v) is 6.37. The lowest BCUT2D eigenvalue weighted by molar-refractivity contribution is -0.131. The molecular formula is C13H17ClN2O. The predicted molar refractivity (Wildman–Crippen MR) is 69.2 cm³/mol. The van der Waals surface area contributed by atoms with Crippen LogP contribution in [0, 0.1) is 0 Å². The molecule has 1 fully saturated rings. The summed E-state index contributed by atoms with van der Waals surface area (Å²) in [6.07, 6.45) is 1.27. The van der Waals surface area contributed by atoms with Crippen molar-refractivity contribution in [1.29, 1.82) is 0 Å². The number of piperazine rings is 1. The number of amides is 1. The molecule has 1 saturated heterocycles. The minimum absolute atomic E-state index is 0.228. The molecule has 1 heterocycles. The molecule has 0 spiro atoms. The fraction of sp³-hybridized carbons (Fsp3) is 0.462. The molecule has 1 N–H and O–H groups in total. The molecule has 1 aliphatic rings. The summed E-state index contributed by atoms with van der Waals surface area (Å²) in [6.45, 7) is 3.44. The van der Waals surface area contributed by atoms with E-state index in [2.05, 4.69) is 5.32 Å². The van der Waals surface area contributed by atoms with Gasteiger partial charge in [0, 0.05) is 37.6 Å². The Morgan fingerprint density at radius 1 is 1.29 bits per heavy atom. The highest BCUT2D eigenvalue weighted by molar-refractivity contribution is 6.31. The Bertz CT molecular complexity index is 389. The highest BCUT2D eigenvalue weighted by atomic mass is 35.5. The summed E-state index contributed by atoms with van der Waals surface area (Å²) < 4.78 is 0. The normalized spacial score (nSPS) is 15.9. The molecule has 1 amide bonds. The van der Waals surface area contributed by atoms with Gasteiger partial charge in [0.2, 0.25) is 5.91 Å². The predicted octanol–water partition coefficient (Wildman–Crippen LogP) is 1.70. The van der Waals surface area contributed by atoms with Crippen molar-refractivity contribution in [3.8, 4) is 0 Å². The standard InChI is InChI=1S/C13H17ClN2O/c14-12-4-2-1-3-11(12)5-6-13(17)16-9-7-15-8-10-16/h1-4,15H,5-10H2. The van der Waals surface area contributed by atoms with E-state index in [0.717, 1.165) is 43.2 Å². The maximum absolute atomic E-state index is 11.9. The van der Waals surface area contributed by atoms with Crippen molar-refractivity contribution in [2.75, 3.05) is 26.2 Å². The quantitative estimate of drug-likeness (QED) is 0.888. The van der Waals surface area contributed by atoms with Crippen molar-refractivity contribution in [3.05, 3.63) is 34.9 Å². The van der Waals surface area contributed by atoms with Crippen LogP contribution in [0.3, 0.4) is 0 Å². The van der Waals surface area contributed by atoms with Crippen LogP contribution in [-0.4, -0.2) is 37.0 Å². The van der Waals surface area contributed by atoms with E-state index in [0.29, 0.717) is 6.42 Å². The van der Waals surface area contributed by atoms with Crippen molar-refractivity contribution in [2.24, 2.45) is 0 Å². The van der Waals surface area contributed by atoms with Gasteiger partial charge in [0.25, 0.3) is 0 Å². The fourth-order valence-corrected chi connectivity index (χ4v) is 2.25. The number of carbonyl (C=O) groups excluding carboxylic acids is 1. The molecule has 0 saturated carbocycles. The Kier molecular flexibility index (Phi) is 4.40. The second-order valence-electron chi connectivity index (χ2n) is 4.22. The topological polar surface area (TPSA) is 32.3 Å². The number of nitrogens with zero attached hydrogens (tertiary/aromatic N) is 1. The summed E-state index contributed by atoms with van der Waals surface area (Å²) >= 11 is 6.06. The van der Waals surface area contributed by atoms with Crippen molar-refractivity contribution in [2.45, 2.75) is 12.8 Å². The summed E-state index contributed by atoms with van der Waals surface area (Å²) in [4.78, 5) is 13.9. The van der Waals surface area contributed by atoms with E-state index < -0.39 is 0 Å². The van der Waals surface area contributed by atoms with Crippen LogP contribution < -0.4 is 5.32 Å². The van der Waals surface area contributed by atoms with Crippen LogP contribution in [0.15, 0.2) is 24.3 Å². The van der Waals surface area contributed by atoms with Gasteiger partial charge in [0.15, 0.2) is 0 Å². The maximum Gasteiger partial charge on any atom is 0.222 e. The first kappa shape index (κ1) is 12.4. The SMILES string of the molecule is O=C(CCc1ccccc1Cl)N1CCNCC1. The smallest absolute Gasteiger partial charge is 0.222 e. The summed E-state index contributed by atoms with van der Waals surface area (Å²) in [5.41, 5.74) is 1.05. The monoisotopic (exact) mass is 252 g/mol. The number of hydrogen-bond donors (Lipinski definition) is 1. The van der Waals surface area contributed by atoms with Crippen molar-refractivity contribution >= 4 is 17.5 Å². The van der Waals surface area contributed by atoms with Gasteiger partial charge in [-0.05, 0) is 18.1 Å². The number of rotatable bonds is 3. The number of halogens is 1. The van der Waals surface area contributed by atoms with Crippen LogP contribution in [0.4, 0.5) is 0 Å². The van der Waals surface area contributed by atoms with Gasteiger partial charge in [0.1, 0.15) is 0 Å². The lowest BCUT2D eigenvalue weighted by Gasteiger charge is -2.27. The molecule has 4 heteroatoms. The van der Waals surface area contributed by atoms with Gasteiger partial charge in [-0.1, -0.05) is 29.8 Å². The molecule has 0 radical (unpaired) electrons. The molecular weight excluding hydrogens is 236 g/mol. The molecule has 92 valence electrons. The van der Waals surface area contributed by atoms with Crippen molar-refractivity contribution in [1.82, 2.24) is 10.2 Å². The number of hydrogen-bond acceptors (Lipinski definition) is 2. The van der Waals surface area contributed by atoms with E-state index in [1.165, 1.54) is 0 Å². The summed E-state index contributed by atoms with van der Waals surface area (Å²) in [7, 11) is 0. The van der Waals surface area contributed by atoms with E-state index >= 15 is 0 Å². The Hall–Kier alpha value is -1.06. The zero-order chi connectivity index (χ0) is 12.1. The molecule has 3 nitrogen and oxygen atoms in total. The summed E-state index contributed by atoms with van der Waals surface area (Å²) in [5, 5.41) is 3.99. The van der Waals surface area contributed by atoms with E-state index in [1.807, 2.05) is 29.2 Å². The highest BCUT2D eigenvalue weighted by Gasteiger charge is 2.15. The highest BCUT2D eigenvalue weighted by Crippen LogP contribution is 2.16. The third kappa shape index (κ3) is 3.45. The second kappa shape index (κ2) is 6.03. The second-order valence-corrected chi connectivity index (χ2v) is 4.63. The fourth-order valence-electron chi connectivity index (χ4n) is 2.02. The Morgan fingerprint density at radius 2 is 2.00 bits per heavy atom. The minimum atomic E-state index is 0.228. The molecule has 0 unspecified atom stereocenters. The molecule has 2 rings (SSSR count). The third-order valence-corrected chi connectivity index (χ3v) is 3.40. The van der Waals surface area contributed by atoms with Crippen LogP contribution >= 0.6 is 11.6 Å². The lowest BCUT2D eigenvalue weighted by atomic mass is 10.1. The van der Waals surface area contributed by atoms with Crippen LogP contribution in [0.25, 0.3) is 0 Å². The molecule has 1 aliphatic heterocycles. The van der Waals surface area contributed by atoms with Crippen molar-refractivity contribution in [3.63, 3.8) is 0 Å². The van der Waals surface area contributed by atoms with Gasteiger partial charge in [-0.15, -0.1) is 0 Å². The van der Waals surface area contributed by atoms with E-state index in [9.17, 15) is 4.79 Å². The summed E-state index contributed by atoms with van der Waals surface area (Å²) in [6, 6.07) is 7.71. The average Bonchev–Trinajstić information content (AvgIpc) is 2.38. The Balaban J connectivity index is 1.85. The number of carbonyl (C=O) groups is 1. The van der Waals surface area contributed by atoms with Crippen LogP contribution in [0.2, 0.25) is 5.02 Å². The lowest BCUT2D eigenvalue weighted by Crippen LogP contribution is -2.46. The number of aryl methyl sites for hydroxylation is 1. The van der Waals surface area contributed by atoms with E-state index in [-0.39, 0.29) is 5.91 Å². The average molecular weight is 253 g/mol. The third-order valence-electron chi connectivity index (χ3n) is 3.04. The molecule has 0 atom stereocenters. The minimum Gasteiger partial charge on any atom is -0.340 e. The van der Waals surface area contributed by atoms with E-state index in [4.69, 9.17) is 11.6 Å². The van der Waals surface area contributed by atoms with Crippen molar-refractivity contribution < 1.29 is 4.79 Å². The molecule has 1 aromatic rings. The molecule has 1 aromatic carbocycles. The van der Waals surface area contributed by atoms with Crippen LogP contribution in [0.1, 0.15) is 12.0 Å². The molecule has 0 aliphatic carbocycles. The zero-order valence-corrected chi connectivity index (χ0v) is 10.5. The Morgan fingerprint density at radius 3 is 2.71 bits per heavy atom. The van der Waals surface area contributed by atoms with Gasteiger partial charge in [-0.25, -0.2) is 0 Å². The zero-order valence-electron chi connectivity index (χ0n) is 9.79. The van der Waals surface area contributed by atoms with Gasteiger partial charge in [-0.3, -0.25) is 4.79 Å². The molecule has 0 bridgehead atoms. The largest absolute Gasteiger partial charge is 0.340 e. The number of benzene rings is 1.